The second-order valence-corrected chi connectivity index (χ2v) is 8.81. The Bertz CT molecular complexity index is 1350. The van der Waals surface area contributed by atoms with Crippen LogP contribution >= 0.6 is 0 Å². The third-order valence-electron chi connectivity index (χ3n) is 6.97. The summed E-state index contributed by atoms with van der Waals surface area (Å²) in [4.78, 5) is 14.9. The Balaban J connectivity index is 1.44. The SMILES string of the molecule is Cc1nc(C2c3ccccc3-c3ccccc32)nc(C2c3ccccc3-c3ccccc32)n1. The molecular formula is C30H21N3. The van der Waals surface area contributed by atoms with Crippen LogP contribution in [0.1, 0.15) is 51.6 Å². The molecule has 2 aliphatic rings. The number of hydrogen-bond donors (Lipinski definition) is 0. The van der Waals surface area contributed by atoms with E-state index < -0.39 is 0 Å². The molecule has 5 aromatic rings. The Morgan fingerprint density at radius 2 is 0.727 bits per heavy atom. The Hall–Kier alpha value is -4.11. The van der Waals surface area contributed by atoms with Crippen LogP contribution in [-0.4, -0.2) is 15.0 Å². The lowest BCUT2D eigenvalue weighted by atomic mass is 9.94. The third kappa shape index (κ3) is 2.66. The van der Waals surface area contributed by atoms with Gasteiger partial charge in [0, 0.05) is 0 Å². The molecule has 33 heavy (non-hydrogen) atoms. The van der Waals surface area contributed by atoms with E-state index in [1.807, 2.05) is 6.92 Å². The van der Waals surface area contributed by atoms with Crippen LogP contribution in [0.2, 0.25) is 0 Å². The molecule has 0 unspecified atom stereocenters. The second-order valence-electron chi connectivity index (χ2n) is 8.81. The molecule has 0 atom stereocenters. The van der Waals surface area contributed by atoms with Crippen molar-refractivity contribution in [2.75, 3.05) is 0 Å². The Labute approximate surface area is 192 Å². The quantitative estimate of drug-likeness (QED) is 0.318. The lowest BCUT2D eigenvalue weighted by molar-refractivity contribution is 0.753. The molecule has 0 spiro atoms. The van der Waals surface area contributed by atoms with Crippen molar-refractivity contribution in [3.63, 3.8) is 0 Å². The summed E-state index contributed by atoms with van der Waals surface area (Å²) in [6.45, 7) is 1.98. The lowest BCUT2D eigenvalue weighted by Gasteiger charge is -2.17. The number of rotatable bonds is 2. The first-order valence-electron chi connectivity index (χ1n) is 11.4. The molecule has 0 fully saturated rings. The molecule has 1 heterocycles. The standard InChI is InChI=1S/C30H21N3/c1-18-31-29(27-23-14-6-2-10-19(23)20-11-3-7-15-24(20)27)33-30(32-18)28-25-16-8-4-12-21(25)22-13-5-9-17-26(22)28/h2-17,27-28H,1H3. The van der Waals surface area contributed by atoms with E-state index in [2.05, 4.69) is 97.1 Å². The number of benzene rings is 4. The molecule has 3 heteroatoms. The number of nitrogens with zero attached hydrogens (tertiary/aromatic N) is 3. The minimum absolute atomic E-state index is 0.0183. The zero-order chi connectivity index (χ0) is 21.9. The van der Waals surface area contributed by atoms with Gasteiger partial charge in [-0.15, -0.1) is 0 Å². The van der Waals surface area contributed by atoms with Crippen molar-refractivity contribution in [2.45, 2.75) is 18.8 Å². The minimum atomic E-state index is 0.0183. The van der Waals surface area contributed by atoms with Gasteiger partial charge in [-0.2, -0.15) is 0 Å². The highest BCUT2D eigenvalue weighted by molar-refractivity contribution is 5.81. The normalized spacial score (nSPS) is 14.0. The number of fused-ring (bicyclic) bond motifs is 6. The van der Waals surface area contributed by atoms with Crippen LogP contribution in [0, 0.1) is 6.92 Å². The van der Waals surface area contributed by atoms with Crippen LogP contribution in [-0.2, 0) is 0 Å². The van der Waals surface area contributed by atoms with Gasteiger partial charge in [0.15, 0.2) is 0 Å². The summed E-state index contributed by atoms with van der Waals surface area (Å²) in [5.41, 5.74) is 10.2. The minimum Gasteiger partial charge on any atom is -0.217 e. The van der Waals surface area contributed by atoms with Crippen LogP contribution in [0.25, 0.3) is 22.3 Å². The van der Waals surface area contributed by atoms with Crippen LogP contribution in [0.4, 0.5) is 0 Å². The molecule has 156 valence electrons. The Morgan fingerprint density at radius 1 is 0.424 bits per heavy atom. The largest absolute Gasteiger partial charge is 0.217 e. The summed E-state index contributed by atoms with van der Waals surface area (Å²) in [5.74, 6) is 2.46. The van der Waals surface area contributed by atoms with Gasteiger partial charge in [0.05, 0.1) is 11.8 Å². The molecule has 0 bridgehead atoms. The van der Waals surface area contributed by atoms with E-state index in [1.54, 1.807) is 0 Å². The van der Waals surface area contributed by atoms with Gasteiger partial charge in [-0.3, -0.25) is 0 Å². The molecule has 0 saturated carbocycles. The molecule has 3 nitrogen and oxygen atoms in total. The monoisotopic (exact) mass is 423 g/mol. The van der Waals surface area contributed by atoms with Gasteiger partial charge in [-0.05, 0) is 51.4 Å². The molecule has 2 aliphatic carbocycles. The van der Waals surface area contributed by atoms with Crippen molar-refractivity contribution in [1.82, 2.24) is 15.0 Å². The highest BCUT2D eigenvalue weighted by Crippen LogP contribution is 2.49. The van der Waals surface area contributed by atoms with Crippen LogP contribution in [0.3, 0.4) is 0 Å². The van der Waals surface area contributed by atoms with Crippen molar-refractivity contribution in [3.05, 3.63) is 137 Å². The molecule has 0 aliphatic heterocycles. The third-order valence-corrected chi connectivity index (χ3v) is 6.97. The van der Waals surface area contributed by atoms with Crippen molar-refractivity contribution in [3.8, 4) is 22.3 Å². The summed E-state index contributed by atoms with van der Waals surface area (Å²) >= 11 is 0. The van der Waals surface area contributed by atoms with Crippen molar-refractivity contribution in [1.29, 1.82) is 0 Å². The average Bonchev–Trinajstić information content (AvgIpc) is 3.37. The highest BCUT2D eigenvalue weighted by Gasteiger charge is 2.35. The van der Waals surface area contributed by atoms with Gasteiger partial charge >= 0.3 is 0 Å². The Kier molecular flexibility index (Phi) is 3.88. The molecule has 0 radical (unpaired) electrons. The van der Waals surface area contributed by atoms with E-state index in [0.29, 0.717) is 0 Å². The number of aromatic nitrogens is 3. The van der Waals surface area contributed by atoms with Crippen LogP contribution < -0.4 is 0 Å². The Morgan fingerprint density at radius 3 is 1.06 bits per heavy atom. The van der Waals surface area contributed by atoms with E-state index in [1.165, 1.54) is 44.5 Å². The lowest BCUT2D eigenvalue weighted by Crippen LogP contribution is -2.14. The molecule has 0 saturated heterocycles. The molecule has 1 aromatic heterocycles. The molecule has 0 N–H and O–H groups in total. The average molecular weight is 424 g/mol. The summed E-state index contributed by atoms with van der Waals surface area (Å²) < 4.78 is 0. The van der Waals surface area contributed by atoms with E-state index >= 15 is 0 Å². The zero-order valence-corrected chi connectivity index (χ0v) is 18.2. The molecular weight excluding hydrogens is 402 g/mol. The van der Waals surface area contributed by atoms with E-state index in [-0.39, 0.29) is 11.8 Å². The predicted octanol–water partition coefficient (Wildman–Crippen LogP) is 6.50. The molecule has 0 amide bonds. The maximum atomic E-state index is 5.17. The summed E-state index contributed by atoms with van der Waals surface area (Å²) in [6, 6.07) is 34.5. The topological polar surface area (TPSA) is 38.7 Å². The van der Waals surface area contributed by atoms with Crippen LogP contribution in [0.5, 0.6) is 0 Å². The van der Waals surface area contributed by atoms with Gasteiger partial charge in [-0.1, -0.05) is 97.1 Å². The van der Waals surface area contributed by atoms with Crippen molar-refractivity contribution < 1.29 is 0 Å². The van der Waals surface area contributed by atoms with Gasteiger partial charge in [0.1, 0.15) is 17.5 Å². The summed E-state index contributed by atoms with van der Waals surface area (Å²) in [6.07, 6.45) is 0. The summed E-state index contributed by atoms with van der Waals surface area (Å²) in [5, 5.41) is 0. The number of aryl methyl sites for hydroxylation is 1. The fraction of sp³-hybridized carbons (Fsp3) is 0.100. The van der Waals surface area contributed by atoms with E-state index in [0.717, 1.165) is 17.5 Å². The highest BCUT2D eigenvalue weighted by atomic mass is 15.0. The van der Waals surface area contributed by atoms with Gasteiger partial charge < -0.3 is 0 Å². The fourth-order valence-electron chi connectivity index (χ4n) is 5.65. The van der Waals surface area contributed by atoms with Crippen LogP contribution in [0.15, 0.2) is 97.1 Å². The van der Waals surface area contributed by atoms with Gasteiger partial charge in [0.2, 0.25) is 0 Å². The summed E-state index contributed by atoms with van der Waals surface area (Å²) in [7, 11) is 0. The molecule has 7 rings (SSSR count). The maximum absolute atomic E-state index is 5.17. The van der Waals surface area contributed by atoms with Gasteiger partial charge in [0.25, 0.3) is 0 Å². The first kappa shape index (κ1) is 18.5. The van der Waals surface area contributed by atoms with Crippen molar-refractivity contribution in [2.24, 2.45) is 0 Å². The number of hydrogen-bond acceptors (Lipinski definition) is 3. The van der Waals surface area contributed by atoms with E-state index in [9.17, 15) is 0 Å². The van der Waals surface area contributed by atoms with Gasteiger partial charge in [-0.25, -0.2) is 15.0 Å². The first-order chi connectivity index (χ1) is 16.3. The maximum Gasteiger partial charge on any atom is 0.144 e. The zero-order valence-electron chi connectivity index (χ0n) is 18.2. The predicted molar refractivity (Wildman–Crippen MR) is 130 cm³/mol. The second kappa shape index (κ2) is 6.94. The fourth-order valence-corrected chi connectivity index (χ4v) is 5.65. The van der Waals surface area contributed by atoms with Crippen molar-refractivity contribution >= 4 is 0 Å². The molecule has 4 aromatic carbocycles. The smallest absolute Gasteiger partial charge is 0.144 e. The van der Waals surface area contributed by atoms with E-state index in [4.69, 9.17) is 15.0 Å². The first-order valence-corrected chi connectivity index (χ1v) is 11.4.